The van der Waals surface area contributed by atoms with Crippen LogP contribution in [0, 0.1) is 5.95 Å². The molecule has 4 aromatic rings. The molecule has 2 aromatic carbocycles. The van der Waals surface area contributed by atoms with E-state index < -0.39 is 5.95 Å². The molecule has 134 valence electrons. The number of thiazole rings is 1. The number of pyridine rings is 1. The number of hydrogen-bond acceptors (Lipinski definition) is 5. The second-order valence-electron chi connectivity index (χ2n) is 5.75. The third kappa shape index (κ3) is 3.63. The number of ether oxygens (including phenoxy) is 1. The van der Waals surface area contributed by atoms with E-state index in [0.717, 1.165) is 32.6 Å². The van der Waals surface area contributed by atoms with Gasteiger partial charge < -0.3 is 10.1 Å². The lowest BCUT2D eigenvalue weighted by molar-refractivity contribution is 0.102. The van der Waals surface area contributed by atoms with Gasteiger partial charge in [-0.2, -0.15) is 4.39 Å². The first-order valence-corrected chi connectivity index (χ1v) is 8.92. The topological polar surface area (TPSA) is 64.1 Å². The van der Waals surface area contributed by atoms with E-state index in [1.54, 1.807) is 30.6 Å². The first-order valence-electron chi connectivity index (χ1n) is 8.10. The molecule has 0 aliphatic heterocycles. The van der Waals surface area contributed by atoms with E-state index >= 15 is 0 Å². The number of aromatic nitrogens is 2. The molecule has 5 nitrogen and oxygen atoms in total. The Bertz CT molecular complexity index is 1110. The van der Waals surface area contributed by atoms with E-state index in [2.05, 4.69) is 15.3 Å². The Morgan fingerprint density at radius 1 is 1.11 bits per heavy atom. The predicted molar refractivity (Wildman–Crippen MR) is 104 cm³/mol. The van der Waals surface area contributed by atoms with Crippen LogP contribution in [-0.2, 0) is 0 Å². The van der Waals surface area contributed by atoms with Crippen molar-refractivity contribution in [3.63, 3.8) is 0 Å². The van der Waals surface area contributed by atoms with Gasteiger partial charge in [-0.25, -0.2) is 9.97 Å². The molecule has 2 heterocycles. The van der Waals surface area contributed by atoms with Crippen molar-refractivity contribution in [2.75, 3.05) is 12.4 Å². The number of nitrogens with one attached hydrogen (secondary N) is 1. The SMILES string of the molecule is COc1ccc2nc(-c3ccc(NC(=O)c4ccc(F)nc4)cc3)sc2c1. The van der Waals surface area contributed by atoms with Gasteiger partial charge in [0.05, 0.1) is 22.9 Å². The highest BCUT2D eigenvalue weighted by molar-refractivity contribution is 7.21. The Labute approximate surface area is 158 Å². The van der Waals surface area contributed by atoms with E-state index in [1.807, 2.05) is 30.3 Å². The van der Waals surface area contributed by atoms with Crippen molar-refractivity contribution < 1.29 is 13.9 Å². The van der Waals surface area contributed by atoms with Crippen LogP contribution < -0.4 is 10.1 Å². The molecule has 0 saturated heterocycles. The number of methoxy groups -OCH3 is 1. The maximum Gasteiger partial charge on any atom is 0.257 e. The zero-order valence-electron chi connectivity index (χ0n) is 14.3. The summed E-state index contributed by atoms with van der Waals surface area (Å²) in [7, 11) is 1.64. The van der Waals surface area contributed by atoms with Crippen molar-refractivity contribution in [3.8, 4) is 16.3 Å². The van der Waals surface area contributed by atoms with Crippen LogP contribution in [0.1, 0.15) is 10.4 Å². The molecule has 1 amide bonds. The van der Waals surface area contributed by atoms with E-state index in [-0.39, 0.29) is 5.91 Å². The fourth-order valence-corrected chi connectivity index (χ4v) is 3.56. The molecule has 2 aromatic heterocycles. The molecule has 1 N–H and O–H groups in total. The van der Waals surface area contributed by atoms with Crippen molar-refractivity contribution in [2.45, 2.75) is 0 Å². The van der Waals surface area contributed by atoms with Crippen molar-refractivity contribution in [1.29, 1.82) is 0 Å². The number of carbonyl (C=O) groups excluding carboxylic acids is 1. The number of nitrogens with zero attached hydrogens (tertiary/aromatic N) is 2. The summed E-state index contributed by atoms with van der Waals surface area (Å²) in [6.45, 7) is 0. The van der Waals surface area contributed by atoms with Crippen molar-refractivity contribution in [1.82, 2.24) is 9.97 Å². The van der Waals surface area contributed by atoms with Crippen LogP contribution in [0.25, 0.3) is 20.8 Å². The Morgan fingerprint density at radius 2 is 1.93 bits per heavy atom. The summed E-state index contributed by atoms with van der Waals surface area (Å²) >= 11 is 1.58. The van der Waals surface area contributed by atoms with E-state index in [1.165, 1.54) is 12.3 Å². The Balaban J connectivity index is 1.53. The van der Waals surface area contributed by atoms with Gasteiger partial charge in [0.15, 0.2) is 0 Å². The fraction of sp³-hybridized carbons (Fsp3) is 0.0500. The molecule has 27 heavy (non-hydrogen) atoms. The average Bonchev–Trinajstić information content (AvgIpc) is 3.12. The number of amides is 1. The van der Waals surface area contributed by atoms with E-state index in [0.29, 0.717) is 11.3 Å². The molecule has 0 unspecified atom stereocenters. The lowest BCUT2D eigenvalue weighted by Crippen LogP contribution is -2.12. The van der Waals surface area contributed by atoms with Gasteiger partial charge in [-0.05, 0) is 54.6 Å². The highest BCUT2D eigenvalue weighted by Crippen LogP contribution is 2.32. The van der Waals surface area contributed by atoms with Gasteiger partial charge in [-0.3, -0.25) is 4.79 Å². The zero-order valence-corrected chi connectivity index (χ0v) is 15.1. The summed E-state index contributed by atoms with van der Waals surface area (Å²) in [5, 5.41) is 3.65. The van der Waals surface area contributed by atoms with Crippen LogP contribution >= 0.6 is 11.3 Å². The van der Waals surface area contributed by atoms with Gasteiger partial charge in [0.2, 0.25) is 5.95 Å². The number of carbonyl (C=O) groups is 1. The summed E-state index contributed by atoms with van der Waals surface area (Å²) in [6.07, 6.45) is 1.20. The molecule has 0 radical (unpaired) electrons. The lowest BCUT2D eigenvalue weighted by Gasteiger charge is -2.05. The van der Waals surface area contributed by atoms with Gasteiger partial charge in [-0.15, -0.1) is 11.3 Å². The summed E-state index contributed by atoms with van der Waals surface area (Å²) < 4.78 is 19.1. The third-order valence-electron chi connectivity index (χ3n) is 3.97. The lowest BCUT2D eigenvalue weighted by atomic mass is 10.2. The van der Waals surface area contributed by atoms with Gasteiger partial charge >= 0.3 is 0 Å². The third-order valence-corrected chi connectivity index (χ3v) is 5.04. The molecule has 0 fully saturated rings. The normalized spacial score (nSPS) is 10.7. The quantitative estimate of drug-likeness (QED) is 0.519. The first kappa shape index (κ1) is 17.1. The smallest absolute Gasteiger partial charge is 0.257 e. The van der Waals surface area contributed by atoms with Crippen LogP contribution in [0.4, 0.5) is 10.1 Å². The Hall–Kier alpha value is -3.32. The molecule has 4 rings (SSSR count). The molecular weight excluding hydrogens is 365 g/mol. The van der Waals surface area contributed by atoms with Crippen LogP contribution in [0.2, 0.25) is 0 Å². The summed E-state index contributed by atoms with van der Waals surface area (Å²) in [5.74, 6) is -0.169. The van der Waals surface area contributed by atoms with Crippen LogP contribution in [0.3, 0.4) is 0 Å². The van der Waals surface area contributed by atoms with Crippen molar-refractivity contribution in [3.05, 3.63) is 72.3 Å². The predicted octanol–water partition coefficient (Wildman–Crippen LogP) is 4.76. The Kier molecular flexibility index (Phi) is 4.52. The second kappa shape index (κ2) is 7.13. The van der Waals surface area contributed by atoms with Crippen LogP contribution in [0.15, 0.2) is 60.8 Å². The van der Waals surface area contributed by atoms with Gasteiger partial charge in [0, 0.05) is 17.4 Å². The first-order chi connectivity index (χ1) is 13.1. The molecule has 0 atom stereocenters. The second-order valence-corrected chi connectivity index (χ2v) is 6.78. The maximum absolute atomic E-state index is 12.8. The van der Waals surface area contributed by atoms with Gasteiger partial charge in [0.1, 0.15) is 10.8 Å². The maximum atomic E-state index is 12.8. The van der Waals surface area contributed by atoms with Crippen molar-refractivity contribution in [2.24, 2.45) is 0 Å². The van der Waals surface area contributed by atoms with Crippen LogP contribution in [0.5, 0.6) is 5.75 Å². The minimum atomic E-state index is -0.621. The summed E-state index contributed by atoms with van der Waals surface area (Å²) in [4.78, 5) is 20.3. The minimum absolute atomic E-state index is 0.292. The van der Waals surface area contributed by atoms with Crippen molar-refractivity contribution >= 4 is 33.1 Å². The molecule has 0 bridgehead atoms. The number of benzene rings is 2. The number of halogens is 1. The van der Waals surface area contributed by atoms with Gasteiger partial charge in [-0.1, -0.05) is 0 Å². The highest BCUT2D eigenvalue weighted by atomic mass is 32.1. The summed E-state index contributed by atoms with van der Waals surface area (Å²) in [5.41, 5.74) is 2.80. The number of hydrogen-bond donors (Lipinski definition) is 1. The number of fused-ring (bicyclic) bond motifs is 1. The fourth-order valence-electron chi connectivity index (χ4n) is 2.56. The van der Waals surface area contributed by atoms with Crippen LogP contribution in [-0.4, -0.2) is 23.0 Å². The largest absolute Gasteiger partial charge is 0.497 e. The van der Waals surface area contributed by atoms with Gasteiger partial charge in [0.25, 0.3) is 5.91 Å². The molecular formula is C20H14FN3O2S. The zero-order chi connectivity index (χ0) is 18.8. The van der Waals surface area contributed by atoms with E-state index in [9.17, 15) is 9.18 Å². The number of rotatable bonds is 4. The Morgan fingerprint density at radius 3 is 2.63 bits per heavy atom. The average molecular weight is 379 g/mol. The monoisotopic (exact) mass is 379 g/mol. The highest BCUT2D eigenvalue weighted by Gasteiger charge is 2.09. The molecule has 0 aliphatic carbocycles. The molecule has 0 spiro atoms. The summed E-state index contributed by atoms with van der Waals surface area (Å²) in [6, 6.07) is 15.7. The number of anilines is 1. The molecule has 0 saturated carbocycles. The minimum Gasteiger partial charge on any atom is -0.497 e. The standard InChI is InChI=1S/C20H14FN3O2S/c1-26-15-7-8-16-17(10-15)27-20(24-16)12-2-5-14(6-3-12)23-19(25)13-4-9-18(21)22-11-13/h2-11H,1H3,(H,23,25). The molecule has 0 aliphatic rings. The van der Waals surface area contributed by atoms with E-state index in [4.69, 9.17) is 4.74 Å². The molecule has 7 heteroatoms.